The molecule has 22 heteroatoms. The Balaban J connectivity index is 0.000000172. The molecule has 10 rings (SSSR count). The topological polar surface area (TPSA) is 205 Å². The quantitative estimate of drug-likeness (QED) is 0.0960. The number of anilines is 1. The minimum atomic E-state index is -5.08. The van der Waals surface area contributed by atoms with Gasteiger partial charge in [0.25, 0.3) is 20.0 Å². The molecule has 2 aliphatic carbocycles. The number of aromatic nitrogens is 6. The molecule has 0 bridgehead atoms. The fraction of sp³-hybridized carbons (Fsp3) is 0.212. The molecule has 386 valence electrons. The van der Waals surface area contributed by atoms with Gasteiger partial charge in [-0.1, -0.05) is 120 Å². The first-order valence-electron chi connectivity index (χ1n) is 22.8. The maximum absolute atomic E-state index is 13.4. The van der Waals surface area contributed by atoms with E-state index >= 15 is 0 Å². The van der Waals surface area contributed by atoms with Crippen LogP contribution in [0.4, 0.5) is 19.1 Å². The number of nitrogens with zero attached hydrogens (tertiary/aromatic N) is 6. The lowest BCUT2D eigenvalue weighted by Gasteiger charge is -2.24. The summed E-state index contributed by atoms with van der Waals surface area (Å²) in [6.07, 6.45) is 9.72. The second-order valence-corrected chi connectivity index (χ2v) is 22.0. The average Bonchev–Trinajstić information content (AvgIpc) is 3.97. The van der Waals surface area contributed by atoms with Gasteiger partial charge in [0.2, 0.25) is 11.2 Å². The first kappa shape index (κ1) is 55.1. The number of carboxylic acid groups (broad SMARTS) is 1. The Morgan fingerprint density at radius 3 is 1.54 bits per heavy atom. The lowest BCUT2D eigenvalue weighted by molar-refractivity contribution is -0.192. The maximum Gasteiger partial charge on any atom is 0.490 e. The van der Waals surface area contributed by atoms with Gasteiger partial charge in [-0.3, -0.25) is 0 Å². The van der Waals surface area contributed by atoms with Crippen LogP contribution >= 0.6 is 34.8 Å². The Bertz CT molecular complexity index is 3560. The van der Waals surface area contributed by atoms with Crippen molar-refractivity contribution in [1.29, 1.82) is 0 Å². The summed E-state index contributed by atoms with van der Waals surface area (Å²) in [5.41, 5.74) is 11.4. The SMILES string of the molecule is C=C1CCC[C@@H](N)C1.C=C1CCC[C@@H](Nc2ncc(Cl)c(-c3cn(S(=O)(=O)c4ccccc4)c4ccccc34)n2)C1.O=C(O)C(F)(F)F.O=S(=O)(c1ccccc1)n1cc(-c2nc(Cl)ncc2Cl)c2ccccc21. The lowest BCUT2D eigenvalue weighted by Crippen LogP contribution is -2.24. The number of aliphatic carboxylic acids is 1. The van der Waals surface area contributed by atoms with Gasteiger partial charge in [-0.05, 0) is 99.4 Å². The molecule has 0 spiro atoms. The van der Waals surface area contributed by atoms with Crippen molar-refractivity contribution in [2.45, 2.75) is 79.4 Å². The number of nitrogens with one attached hydrogen (secondary N) is 1. The van der Waals surface area contributed by atoms with Crippen molar-refractivity contribution in [3.63, 3.8) is 0 Å². The molecule has 0 unspecified atom stereocenters. The van der Waals surface area contributed by atoms with Gasteiger partial charge in [0.05, 0.1) is 54.7 Å². The number of nitrogens with two attached hydrogens (primary N) is 1. The van der Waals surface area contributed by atoms with Crippen LogP contribution in [-0.2, 0) is 24.8 Å². The Morgan fingerprint density at radius 2 is 1.09 bits per heavy atom. The molecule has 0 radical (unpaired) electrons. The normalized spacial score (nSPS) is 16.0. The van der Waals surface area contributed by atoms with Gasteiger partial charge in [-0.15, -0.1) is 0 Å². The minimum Gasteiger partial charge on any atom is -0.475 e. The number of para-hydroxylation sites is 2. The van der Waals surface area contributed by atoms with E-state index in [1.54, 1.807) is 91.3 Å². The van der Waals surface area contributed by atoms with Gasteiger partial charge in [0.15, 0.2) is 0 Å². The fourth-order valence-electron chi connectivity index (χ4n) is 8.29. The number of hydrogen-bond donors (Lipinski definition) is 3. The van der Waals surface area contributed by atoms with Crippen LogP contribution in [0.15, 0.2) is 168 Å². The Hall–Kier alpha value is -6.61. The second-order valence-electron chi connectivity index (χ2n) is 17.2. The summed E-state index contributed by atoms with van der Waals surface area (Å²) in [5, 5.41) is 12.6. The zero-order valence-electron chi connectivity index (χ0n) is 39.3. The minimum absolute atomic E-state index is 0.0344. The summed E-state index contributed by atoms with van der Waals surface area (Å²) >= 11 is 18.6. The number of hydrogen-bond acceptors (Lipinski definition) is 11. The molecule has 74 heavy (non-hydrogen) atoms. The number of benzene rings is 4. The molecule has 4 aromatic carbocycles. The molecule has 0 saturated heterocycles. The summed E-state index contributed by atoms with van der Waals surface area (Å²) in [6.45, 7) is 7.99. The molecule has 8 aromatic rings. The summed E-state index contributed by atoms with van der Waals surface area (Å²) in [7, 11) is -7.58. The first-order valence-corrected chi connectivity index (χ1v) is 26.8. The van der Waals surface area contributed by atoms with Gasteiger partial charge in [0.1, 0.15) is 0 Å². The van der Waals surface area contributed by atoms with Crippen LogP contribution in [-0.4, -0.2) is 74.1 Å². The van der Waals surface area contributed by atoms with Crippen LogP contribution in [0.1, 0.15) is 51.4 Å². The third-order valence-electron chi connectivity index (χ3n) is 11.8. The summed E-state index contributed by atoms with van der Waals surface area (Å²) < 4.78 is 87.3. The number of fused-ring (bicyclic) bond motifs is 2. The Kier molecular flexibility index (Phi) is 17.7. The maximum atomic E-state index is 13.4. The van der Waals surface area contributed by atoms with Crippen molar-refractivity contribution >= 4 is 88.6 Å². The molecule has 0 amide bonds. The Morgan fingerprint density at radius 1 is 0.662 bits per heavy atom. The highest BCUT2D eigenvalue weighted by Gasteiger charge is 2.38. The number of alkyl halides is 3. The molecular formula is C52H48Cl3F3N8O6S2. The van der Waals surface area contributed by atoms with E-state index in [2.05, 4.69) is 38.4 Å². The van der Waals surface area contributed by atoms with E-state index in [0.29, 0.717) is 55.9 Å². The predicted molar refractivity (Wildman–Crippen MR) is 283 cm³/mol. The van der Waals surface area contributed by atoms with E-state index in [1.807, 2.05) is 30.3 Å². The summed E-state index contributed by atoms with van der Waals surface area (Å²) in [5.74, 6) is -2.29. The number of carbonyl (C=O) groups is 1. The van der Waals surface area contributed by atoms with Gasteiger partial charge < -0.3 is 16.2 Å². The van der Waals surface area contributed by atoms with Crippen molar-refractivity contribution in [3.8, 4) is 22.5 Å². The molecule has 4 aromatic heterocycles. The smallest absolute Gasteiger partial charge is 0.475 e. The van der Waals surface area contributed by atoms with Crippen molar-refractivity contribution in [2.75, 3.05) is 5.32 Å². The molecule has 4 N–H and O–H groups in total. The van der Waals surface area contributed by atoms with E-state index in [4.69, 9.17) is 50.4 Å². The van der Waals surface area contributed by atoms with E-state index in [0.717, 1.165) is 37.5 Å². The zero-order chi connectivity index (χ0) is 53.4. The number of rotatable bonds is 8. The predicted octanol–water partition coefficient (Wildman–Crippen LogP) is 12.6. The van der Waals surface area contributed by atoms with Gasteiger partial charge in [-0.25, -0.2) is 49.5 Å². The fourth-order valence-corrected chi connectivity index (χ4v) is 11.6. The van der Waals surface area contributed by atoms with Crippen molar-refractivity contribution in [1.82, 2.24) is 27.9 Å². The standard InChI is InChI=1S/C25H23ClN4O2S.C18H11Cl2N3O2S.C7H13N.C2HF3O2/c1-17-8-7-9-18(14-17)28-25-27-15-22(26)24(29-25)21-16-30(23-13-6-5-12-20(21)23)33(31,32)19-10-3-2-4-11-19;19-15-10-21-18(20)22-17(15)14-11-23(16-9-5-4-8-13(14)16)26(24,25)12-6-2-1-3-7-12;1-6-3-2-4-7(8)5-6;3-2(4,5)1(6)7/h2-6,10-13,15-16,18H,1,7-9,14H2,(H,27,28,29);1-11H;7H,1-5,8H2;(H,6,7)/t18-;;7-;/m1.1./s1. The monoisotopic (exact) mass is 1110 g/mol. The van der Waals surface area contributed by atoms with E-state index in [-0.39, 0.29) is 26.1 Å². The highest BCUT2D eigenvalue weighted by Crippen LogP contribution is 2.38. The van der Waals surface area contributed by atoms with E-state index in [9.17, 15) is 30.0 Å². The van der Waals surface area contributed by atoms with Crippen LogP contribution < -0.4 is 11.1 Å². The first-order chi connectivity index (χ1) is 35.1. The van der Waals surface area contributed by atoms with Crippen molar-refractivity contribution in [2.24, 2.45) is 5.73 Å². The van der Waals surface area contributed by atoms with Crippen molar-refractivity contribution < 1.29 is 39.9 Å². The van der Waals surface area contributed by atoms with Crippen LogP contribution in [0.3, 0.4) is 0 Å². The van der Waals surface area contributed by atoms with Crippen LogP contribution in [0.25, 0.3) is 44.3 Å². The van der Waals surface area contributed by atoms with E-state index < -0.39 is 32.2 Å². The van der Waals surface area contributed by atoms with Gasteiger partial charge in [-0.2, -0.15) is 13.2 Å². The molecule has 4 heterocycles. The summed E-state index contributed by atoms with van der Waals surface area (Å²) in [6, 6.07) is 31.7. The van der Waals surface area contributed by atoms with Gasteiger partial charge >= 0.3 is 12.1 Å². The molecule has 14 nitrogen and oxygen atoms in total. The second kappa shape index (κ2) is 23.7. The average molecular weight is 1110 g/mol. The van der Waals surface area contributed by atoms with Crippen LogP contribution in [0.2, 0.25) is 15.3 Å². The van der Waals surface area contributed by atoms with Crippen molar-refractivity contribution in [3.05, 3.63) is 174 Å². The van der Waals surface area contributed by atoms with Gasteiger partial charge in [0, 0.05) is 46.4 Å². The molecular weight excluding hydrogens is 1060 g/mol. The number of halogens is 6. The summed E-state index contributed by atoms with van der Waals surface area (Å²) in [4.78, 5) is 26.4. The highest BCUT2D eigenvalue weighted by molar-refractivity contribution is 7.90. The molecule has 0 aliphatic heterocycles. The largest absolute Gasteiger partial charge is 0.490 e. The molecule has 2 saturated carbocycles. The molecule has 2 aliphatic rings. The number of carboxylic acids is 1. The molecule has 2 fully saturated rings. The third-order valence-corrected chi connectivity index (χ3v) is 15.9. The lowest BCUT2D eigenvalue weighted by atomic mass is 9.92. The third kappa shape index (κ3) is 13.2. The zero-order valence-corrected chi connectivity index (χ0v) is 43.2. The Labute approximate surface area is 440 Å². The highest BCUT2D eigenvalue weighted by atomic mass is 35.5. The van der Waals surface area contributed by atoms with Crippen LogP contribution in [0, 0.1) is 0 Å². The molecule has 2 atom stereocenters. The van der Waals surface area contributed by atoms with Crippen LogP contribution in [0.5, 0.6) is 0 Å². The van der Waals surface area contributed by atoms with E-state index in [1.165, 1.54) is 50.7 Å².